The predicted molar refractivity (Wildman–Crippen MR) is 113 cm³/mol. The Bertz CT molecular complexity index is 663. The van der Waals surface area contributed by atoms with Crippen LogP contribution in [0.15, 0.2) is 23.3 Å². The Balaban J connectivity index is 1.50. The average Bonchev–Trinajstić information content (AvgIpc) is 2.76. The van der Waals surface area contributed by atoms with E-state index in [0.29, 0.717) is 12.3 Å². The Labute approximate surface area is 168 Å². The van der Waals surface area contributed by atoms with Gasteiger partial charge in [-0.05, 0) is 55.7 Å². The van der Waals surface area contributed by atoms with E-state index in [4.69, 9.17) is 0 Å². The highest BCUT2D eigenvalue weighted by atomic mass is 16.1. The van der Waals surface area contributed by atoms with Gasteiger partial charge in [-0.15, -0.1) is 0 Å². The number of anilines is 1. The van der Waals surface area contributed by atoms with Crippen LogP contribution in [0.3, 0.4) is 0 Å². The molecule has 7 heteroatoms. The molecular weight excluding hydrogens is 352 g/mol. The molecule has 0 saturated carbocycles. The van der Waals surface area contributed by atoms with Gasteiger partial charge in [0.1, 0.15) is 5.82 Å². The number of guanidine groups is 1. The summed E-state index contributed by atoms with van der Waals surface area (Å²) in [5.41, 5.74) is 1.23. The van der Waals surface area contributed by atoms with Crippen molar-refractivity contribution in [3.8, 4) is 0 Å². The number of carbonyl (C=O) groups excluding carboxylic acids is 1. The molecule has 2 saturated heterocycles. The maximum atomic E-state index is 11.6. The van der Waals surface area contributed by atoms with Gasteiger partial charge >= 0.3 is 0 Å². The smallest absolute Gasteiger partial charge is 0.220 e. The highest BCUT2D eigenvalue weighted by molar-refractivity contribution is 5.80. The number of aliphatic imine (C=N–C) groups is 1. The minimum Gasteiger partial charge on any atom is -0.359 e. The number of hydrogen-bond donors (Lipinski definition) is 2. The number of piperidine rings is 2. The van der Waals surface area contributed by atoms with E-state index in [0.717, 1.165) is 57.3 Å². The Morgan fingerprint density at radius 1 is 1.21 bits per heavy atom. The normalized spacial score (nSPS) is 18.9. The first kappa shape index (κ1) is 20.4. The maximum Gasteiger partial charge on any atom is 0.220 e. The number of amides is 1. The van der Waals surface area contributed by atoms with Crippen LogP contribution >= 0.6 is 0 Å². The minimum absolute atomic E-state index is 0.142. The van der Waals surface area contributed by atoms with Gasteiger partial charge in [-0.2, -0.15) is 0 Å². The number of hydrogen-bond acceptors (Lipinski definition) is 4. The molecule has 0 aliphatic carbocycles. The van der Waals surface area contributed by atoms with E-state index < -0.39 is 0 Å². The van der Waals surface area contributed by atoms with Crippen LogP contribution in [0.25, 0.3) is 0 Å². The van der Waals surface area contributed by atoms with Gasteiger partial charge in [-0.3, -0.25) is 9.79 Å². The van der Waals surface area contributed by atoms with Crippen LogP contribution in [0.5, 0.6) is 0 Å². The van der Waals surface area contributed by atoms with Crippen LogP contribution < -0.4 is 15.5 Å². The van der Waals surface area contributed by atoms with Crippen LogP contribution in [-0.2, 0) is 11.3 Å². The lowest BCUT2D eigenvalue weighted by molar-refractivity contribution is -0.121. The lowest BCUT2D eigenvalue weighted by atomic mass is 9.93. The van der Waals surface area contributed by atoms with Gasteiger partial charge in [0, 0.05) is 59.4 Å². The van der Waals surface area contributed by atoms with E-state index in [2.05, 4.69) is 42.5 Å². The number of pyridine rings is 1. The molecule has 1 amide bonds. The van der Waals surface area contributed by atoms with Crippen LogP contribution in [0.1, 0.15) is 44.1 Å². The molecule has 0 unspecified atom stereocenters. The first-order valence-electron chi connectivity index (χ1n) is 10.6. The number of carbonyl (C=O) groups is 1. The third-order valence-corrected chi connectivity index (χ3v) is 5.82. The number of likely N-dealkylation sites (tertiary alicyclic amines) is 1. The van der Waals surface area contributed by atoms with Crippen molar-refractivity contribution in [1.29, 1.82) is 0 Å². The third-order valence-electron chi connectivity index (χ3n) is 5.82. The lowest BCUT2D eigenvalue weighted by Gasteiger charge is -2.34. The Morgan fingerprint density at radius 2 is 1.96 bits per heavy atom. The first-order chi connectivity index (χ1) is 13.7. The molecule has 2 N–H and O–H groups in total. The zero-order valence-corrected chi connectivity index (χ0v) is 17.3. The molecule has 2 fully saturated rings. The summed E-state index contributed by atoms with van der Waals surface area (Å²) in [6.45, 7) is 4.84. The van der Waals surface area contributed by atoms with Crippen LogP contribution in [0.2, 0.25) is 0 Å². The van der Waals surface area contributed by atoms with Gasteiger partial charge in [0.25, 0.3) is 0 Å². The largest absolute Gasteiger partial charge is 0.359 e. The van der Waals surface area contributed by atoms with E-state index in [1.807, 2.05) is 13.2 Å². The number of nitrogens with one attached hydrogen (secondary N) is 2. The van der Waals surface area contributed by atoms with Gasteiger partial charge in [-0.25, -0.2) is 4.98 Å². The van der Waals surface area contributed by atoms with Crippen molar-refractivity contribution >= 4 is 17.7 Å². The van der Waals surface area contributed by atoms with E-state index in [9.17, 15) is 4.79 Å². The van der Waals surface area contributed by atoms with E-state index in [-0.39, 0.29) is 5.91 Å². The molecule has 2 aliphatic heterocycles. The number of rotatable bonds is 5. The molecule has 3 rings (SSSR count). The van der Waals surface area contributed by atoms with Gasteiger partial charge in [-0.1, -0.05) is 0 Å². The van der Waals surface area contributed by atoms with Gasteiger partial charge in [0.05, 0.1) is 0 Å². The minimum atomic E-state index is 0.142. The van der Waals surface area contributed by atoms with Gasteiger partial charge in [0.2, 0.25) is 5.91 Å². The number of nitrogens with zero attached hydrogens (tertiary/aromatic N) is 4. The summed E-state index contributed by atoms with van der Waals surface area (Å²) in [5, 5.41) is 6.23. The summed E-state index contributed by atoms with van der Waals surface area (Å²) in [6.07, 6.45) is 8.44. The van der Waals surface area contributed by atoms with Crippen molar-refractivity contribution in [3.63, 3.8) is 0 Å². The lowest BCUT2D eigenvalue weighted by Crippen LogP contribution is -2.45. The molecule has 2 aliphatic rings. The van der Waals surface area contributed by atoms with Crippen molar-refractivity contribution in [2.75, 3.05) is 45.2 Å². The summed E-state index contributed by atoms with van der Waals surface area (Å²) in [7, 11) is 3.55. The fraction of sp³-hybridized carbons (Fsp3) is 0.667. The van der Waals surface area contributed by atoms with Crippen molar-refractivity contribution in [2.45, 2.75) is 45.1 Å². The molecule has 0 spiro atoms. The van der Waals surface area contributed by atoms with Gasteiger partial charge in [0.15, 0.2) is 5.96 Å². The molecule has 154 valence electrons. The predicted octanol–water partition coefficient (Wildman–Crippen LogP) is 2.00. The highest BCUT2D eigenvalue weighted by Crippen LogP contribution is 2.21. The molecule has 28 heavy (non-hydrogen) atoms. The molecule has 1 aromatic heterocycles. The highest BCUT2D eigenvalue weighted by Gasteiger charge is 2.23. The van der Waals surface area contributed by atoms with Crippen LogP contribution in [0, 0.1) is 5.92 Å². The van der Waals surface area contributed by atoms with Gasteiger partial charge < -0.3 is 20.4 Å². The van der Waals surface area contributed by atoms with Crippen molar-refractivity contribution < 1.29 is 4.79 Å². The van der Waals surface area contributed by atoms with Crippen molar-refractivity contribution in [1.82, 2.24) is 20.5 Å². The Morgan fingerprint density at radius 3 is 2.64 bits per heavy atom. The van der Waals surface area contributed by atoms with E-state index in [1.54, 1.807) is 7.05 Å². The van der Waals surface area contributed by atoms with Crippen LogP contribution in [0.4, 0.5) is 5.82 Å². The second-order valence-electron chi connectivity index (χ2n) is 7.78. The summed E-state index contributed by atoms with van der Waals surface area (Å²) in [6, 6.07) is 4.27. The summed E-state index contributed by atoms with van der Waals surface area (Å²) < 4.78 is 0. The SMILES string of the molecule is CN=C(NCc1ccnc(N2CCCCC2)c1)N1CCC(CC(=O)NC)CC1. The number of aromatic nitrogens is 1. The zero-order chi connectivity index (χ0) is 19.8. The summed E-state index contributed by atoms with van der Waals surface area (Å²) >= 11 is 0. The van der Waals surface area contributed by atoms with Crippen LogP contribution in [-0.4, -0.2) is 62.0 Å². The zero-order valence-electron chi connectivity index (χ0n) is 17.3. The first-order valence-corrected chi connectivity index (χ1v) is 10.6. The molecule has 0 bridgehead atoms. The summed E-state index contributed by atoms with van der Waals surface area (Å²) in [4.78, 5) is 25.3. The monoisotopic (exact) mass is 386 g/mol. The fourth-order valence-electron chi connectivity index (χ4n) is 4.09. The van der Waals surface area contributed by atoms with E-state index in [1.165, 1.54) is 24.8 Å². The quantitative estimate of drug-likeness (QED) is 0.598. The topological polar surface area (TPSA) is 72.9 Å². The van der Waals surface area contributed by atoms with Crippen molar-refractivity contribution in [2.24, 2.45) is 10.9 Å². The fourth-order valence-corrected chi connectivity index (χ4v) is 4.09. The molecule has 3 heterocycles. The standard InChI is InChI=1S/C21H34N6O/c1-22-20(28)15-17-7-12-27(13-8-17)21(23-2)25-16-18-6-9-24-19(14-18)26-10-4-3-5-11-26/h6,9,14,17H,3-5,7-8,10-13,15-16H2,1-2H3,(H,22,28)(H,23,25). The van der Waals surface area contributed by atoms with Crippen molar-refractivity contribution in [3.05, 3.63) is 23.9 Å². The molecular formula is C21H34N6O. The molecule has 1 aromatic rings. The Kier molecular flexibility index (Phi) is 7.51. The second-order valence-corrected chi connectivity index (χ2v) is 7.78. The summed E-state index contributed by atoms with van der Waals surface area (Å²) in [5.74, 6) is 2.64. The molecule has 0 atom stereocenters. The average molecular weight is 387 g/mol. The molecule has 0 aromatic carbocycles. The van der Waals surface area contributed by atoms with E-state index >= 15 is 0 Å². The molecule has 0 radical (unpaired) electrons. The molecule has 7 nitrogen and oxygen atoms in total. The second kappa shape index (κ2) is 10.3. The Hall–Kier alpha value is -2.31. The third kappa shape index (κ3) is 5.59. The maximum absolute atomic E-state index is 11.6.